The van der Waals surface area contributed by atoms with Gasteiger partial charge in [0.15, 0.2) is 0 Å². The van der Waals surface area contributed by atoms with Crippen LogP contribution < -0.4 is 15.5 Å². The minimum atomic E-state index is 0.397. The largest absolute Gasteiger partial charge is 0.362 e. The van der Waals surface area contributed by atoms with Crippen LogP contribution in [0.3, 0.4) is 0 Å². The van der Waals surface area contributed by atoms with E-state index in [2.05, 4.69) is 38.7 Å². The third-order valence-corrected chi connectivity index (χ3v) is 6.52. The molecule has 0 amide bonds. The second kappa shape index (κ2) is 9.50. The molecule has 1 saturated carbocycles. The maximum atomic E-state index is 6.32. The van der Waals surface area contributed by atoms with Crippen LogP contribution in [-0.4, -0.2) is 36.1 Å². The summed E-state index contributed by atoms with van der Waals surface area (Å²) in [5.41, 5.74) is 2.10. The summed E-state index contributed by atoms with van der Waals surface area (Å²) in [4.78, 5) is 11.6. The summed E-state index contributed by atoms with van der Waals surface area (Å²) in [5, 5.41) is 9.13. The standard InChI is InChI=1S/C23H27BrClN5/c1-30(2)22-19-5-3-4-6-21(19)28-23(29-22)27-18-10-8-17(9-11-18)26-14-15-13-16(24)7-12-20(15)25/h3-7,12-13,17-18,26H,8-11,14H2,1-2H3,(H,27,28,29)/t17-,18+. The maximum Gasteiger partial charge on any atom is 0.225 e. The number of halogens is 2. The molecule has 1 fully saturated rings. The Morgan fingerprint density at radius 2 is 1.77 bits per heavy atom. The van der Waals surface area contributed by atoms with Gasteiger partial charge in [0.25, 0.3) is 0 Å². The number of rotatable bonds is 6. The zero-order chi connectivity index (χ0) is 21.1. The van der Waals surface area contributed by atoms with Crippen LogP contribution in [0.25, 0.3) is 10.9 Å². The van der Waals surface area contributed by atoms with Crippen LogP contribution in [0.1, 0.15) is 31.2 Å². The predicted molar refractivity (Wildman–Crippen MR) is 130 cm³/mol. The van der Waals surface area contributed by atoms with Crippen molar-refractivity contribution in [2.45, 2.75) is 44.3 Å². The fraction of sp³-hybridized carbons (Fsp3) is 0.391. The third-order valence-electron chi connectivity index (χ3n) is 5.66. The molecule has 1 aromatic heterocycles. The van der Waals surface area contributed by atoms with Crippen molar-refractivity contribution in [3.63, 3.8) is 0 Å². The first kappa shape index (κ1) is 21.3. The molecule has 4 rings (SSSR count). The molecule has 1 heterocycles. The quantitative estimate of drug-likeness (QED) is 0.471. The molecular formula is C23H27BrClN5. The van der Waals surface area contributed by atoms with Gasteiger partial charge in [-0.15, -0.1) is 0 Å². The van der Waals surface area contributed by atoms with Gasteiger partial charge in [-0.1, -0.05) is 39.7 Å². The number of fused-ring (bicyclic) bond motifs is 1. The average molecular weight is 489 g/mol. The van der Waals surface area contributed by atoms with E-state index in [0.717, 1.165) is 70.0 Å². The van der Waals surface area contributed by atoms with Crippen molar-refractivity contribution in [2.24, 2.45) is 0 Å². The molecule has 7 heteroatoms. The van der Waals surface area contributed by atoms with Crippen molar-refractivity contribution < 1.29 is 0 Å². The summed E-state index contributed by atoms with van der Waals surface area (Å²) in [6.45, 7) is 0.793. The molecule has 2 N–H and O–H groups in total. The third kappa shape index (κ3) is 5.05. The van der Waals surface area contributed by atoms with Crippen LogP contribution in [0.2, 0.25) is 5.02 Å². The lowest BCUT2D eigenvalue weighted by Gasteiger charge is -2.30. The molecule has 0 atom stereocenters. The molecule has 5 nitrogen and oxygen atoms in total. The number of nitrogens with one attached hydrogen (secondary N) is 2. The fourth-order valence-corrected chi connectivity index (χ4v) is 4.62. The average Bonchev–Trinajstić information content (AvgIpc) is 2.74. The molecule has 0 bridgehead atoms. The number of hydrogen-bond acceptors (Lipinski definition) is 5. The van der Waals surface area contributed by atoms with E-state index in [9.17, 15) is 0 Å². The predicted octanol–water partition coefficient (Wildman–Crippen LogP) is 5.62. The normalized spacial score (nSPS) is 19.1. The van der Waals surface area contributed by atoms with E-state index in [1.54, 1.807) is 0 Å². The van der Waals surface area contributed by atoms with E-state index in [-0.39, 0.29) is 0 Å². The van der Waals surface area contributed by atoms with E-state index in [1.807, 2.05) is 49.3 Å². The number of para-hydroxylation sites is 1. The minimum absolute atomic E-state index is 0.397. The lowest BCUT2D eigenvalue weighted by molar-refractivity contribution is 0.352. The summed E-state index contributed by atoms with van der Waals surface area (Å²) in [6, 6.07) is 15.1. The van der Waals surface area contributed by atoms with Gasteiger partial charge < -0.3 is 15.5 Å². The Kier molecular flexibility index (Phi) is 6.76. The smallest absolute Gasteiger partial charge is 0.225 e. The first-order valence-corrected chi connectivity index (χ1v) is 11.5. The Bertz CT molecular complexity index is 1020. The van der Waals surface area contributed by atoms with Gasteiger partial charge in [0.2, 0.25) is 5.95 Å². The first-order chi connectivity index (χ1) is 14.5. The number of hydrogen-bond donors (Lipinski definition) is 2. The van der Waals surface area contributed by atoms with Gasteiger partial charge in [-0.05, 0) is 61.6 Å². The van der Waals surface area contributed by atoms with E-state index in [4.69, 9.17) is 21.6 Å². The SMILES string of the molecule is CN(C)c1nc(N[C@H]2CC[C@@H](NCc3cc(Br)ccc3Cl)CC2)nc2ccccc12. The Balaban J connectivity index is 1.35. The summed E-state index contributed by atoms with van der Waals surface area (Å²) in [7, 11) is 4.04. The molecule has 0 saturated heterocycles. The van der Waals surface area contributed by atoms with E-state index in [1.165, 1.54) is 0 Å². The van der Waals surface area contributed by atoms with Gasteiger partial charge in [0, 0.05) is 47.6 Å². The molecular weight excluding hydrogens is 462 g/mol. The number of nitrogens with zero attached hydrogens (tertiary/aromatic N) is 3. The van der Waals surface area contributed by atoms with Gasteiger partial charge in [-0.2, -0.15) is 4.98 Å². The molecule has 158 valence electrons. The van der Waals surface area contributed by atoms with Crippen molar-refractivity contribution in [1.82, 2.24) is 15.3 Å². The molecule has 0 spiro atoms. The Hall–Kier alpha value is -1.89. The number of benzene rings is 2. The fourth-order valence-electron chi connectivity index (χ4n) is 4.02. The van der Waals surface area contributed by atoms with Crippen molar-refractivity contribution in [2.75, 3.05) is 24.3 Å². The van der Waals surface area contributed by atoms with Crippen LogP contribution in [0, 0.1) is 0 Å². The summed E-state index contributed by atoms with van der Waals surface area (Å²) in [6.07, 6.45) is 4.43. The first-order valence-electron chi connectivity index (χ1n) is 10.4. The molecule has 0 aliphatic heterocycles. The van der Waals surface area contributed by atoms with Gasteiger partial charge in [-0.3, -0.25) is 0 Å². The lowest BCUT2D eigenvalue weighted by atomic mass is 9.91. The second-order valence-corrected chi connectivity index (χ2v) is 9.41. The van der Waals surface area contributed by atoms with Crippen molar-refractivity contribution >= 4 is 50.2 Å². The zero-order valence-corrected chi connectivity index (χ0v) is 19.7. The van der Waals surface area contributed by atoms with Crippen molar-refractivity contribution in [3.05, 3.63) is 57.5 Å². The summed E-state index contributed by atoms with van der Waals surface area (Å²) < 4.78 is 1.06. The van der Waals surface area contributed by atoms with Crippen molar-refractivity contribution in [1.29, 1.82) is 0 Å². The molecule has 0 unspecified atom stereocenters. The Morgan fingerprint density at radius 1 is 1.03 bits per heavy atom. The van der Waals surface area contributed by atoms with E-state index >= 15 is 0 Å². The van der Waals surface area contributed by atoms with Crippen LogP contribution in [0.4, 0.5) is 11.8 Å². The van der Waals surface area contributed by atoms with Crippen LogP contribution in [0.5, 0.6) is 0 Å². The number of anilines is 2. The number of aromatic nitrogens is 2. The van der Waals surface area contributed by atoms with Gasteiger partial charge >= 0.3 is 0 Å². The highest BCUT2D eigenvalue weighted by molar-refractivity contribution is 9.10. The Morgan fingerprint density at radius 3 is 2.53 bits per heavy atom. The topological polar surface area (TPSA) is 53.1 Å². The highest BCUT2D eigenvalue weighted by atomic mass is 79.9. The lowest BCUT2D eigenvalue weighted by Crippen LogP contribution is -2.37. The van der Waals surface area contributed by atoms with Crippen molar-refractivity contribution in [3.8, 4) is 0 Å². The highest BCUT2D eigenvalue weighted by Crippen LogP contribution is 2.27. The van der Waals surface area contributed by atoms with Crippen LogP contribution in [-0.2, 0) is 6.54 Å². The summed E-state index contributed by atoms with van der Waals surface area (Å²) in [5.74, 6) is 1.67. The van der Waals surface area contributed by atoms with Gasteiger partial charge in [-0.25, -0.2) is 4.98 Å². The maximum absolute atomic E-state index is 6.32. The summed E-state index contributed by atoms with van der Waals surface area (Å²) >= 11 is 9.84. The highest BCUT2D eigenvalue weighted by Gasteiger charge is 2.22. The van der Waals surface area contributed by atoms with E-state index < -0.39 is 0 Å². The van der Waals surface area contributed by atoms with Gasteiger partial charge in [0.05, 0.1) is 5.52 Å². The monoisotopic (exact) mass is 487 g/mol. The van der Waals surface area contributed by atoms with Crippen LogP contribution in [0.15, 0.2) is 46.9 Å². The Labute approximate surface area is 191 Å². The molecule has 0 radical (unpaired) electrons. The molecule has 2 aromatic carbocycles. The zero-order valence-electron chi connectivity index (χ0n) is 17.3. The molecule has 3 aromatic rings. The molecule has 1 aliphatic carbocycles. The second-order valence-electron chi connectivity index (χ2n) is 8.09. The van der Waals surface area contributed by atoms with Crippen LogP contribution >= 0.6 is 27.5 Å². The molecule has 1 aliphatic rings. The minimum Gasteiger partial charge on any atom is -0.362 e. The molecule has 30 heavy (non-hydrogen) atoms. The van der Waals surface area contributed by atoms with Gasteiger partial charge in [0.1, 0.15) is 5.82 Å². The van der Waals surface area contributed by atoms with E-state index in [0.29, 0.717) is 12.1 Å².